The van der Waals surface area contributed by atoms with Crippen LogP contribution >= 0.6 is 0 Å². The summed E-state index contributed by atoms with van der Waals surface area (Å²) >= 11 is -11.4. The first-order valence-electron chi connectivity index (χ1n) is 1.26. The summed E-state index contributed by atoms with van der Waals surface area (Å²) in [7, 11) is 0. The van der Waals surface area contributed by atoms with Crippen LogP contribution in [0.1, 0.15) is 0 Å². The monoisotopic (exact) mass is 515 g/mol. The van der Waals surface area contributed by atoms with Crippen molar-refractivity contribution in [3.63, 3.8) is 0 Å². The molecule has 0 rings (SSSR count). The quantitative estimate of drug-likeness (QED) is 0.236. The van der Waals surface area contributed by atoms with Crippen LogP contribution in [0, 0.1) is 0 Å². The molecular weight excluding hydrogens is 514 g/mol. The van der Waals surface area contributed by atoms with Crippen LogP contribution < -0.4 is 60.8 Å². The molecule has 0 fully saturated rings. The van der Waals surface area contributed by atoms with E-state index in [1.165, 1.54) is 0 Å². The van der Waals surface area contributed by atoms with Gasteiger partial charge in [0, 0.05) is 6.87 Å². The van der Waals surface area contributed by atoms with E-state index in [-0.39, 0.29) is 45.4 Å². The molecule has 8 nitrogen and oxygen atoms in total. The van der Waals surface area contributed by atoms with E-state index in [2.05, 4.69) is 0 Å². The third kappa shape index (κ3) is 245. The van der Waals surface area contributed by atoms with Crippen molar-refractivity contribution in [1.29, 1.82) is 0 Å². The molecule has 0 radical (unpaired) electrons. The molecule has 0 saturated carbocycles. The van der Waals surface area contributed by atoms with Gasteiger partial charge in [0.25, 0.3) is 0 Å². The van der Waals surface area contributed by atoms with E-state index < -0.39 is 40.2 Å². The Hall–Kier alpha value is 2.65. The molecular formula is H2AgI2MgO8+3. The minimum atomic E-state index is -5.69. The van der Waals surface area contributed by atoms with Crippen molar-refractivity contribution in [2.24, 2.45) is 0 Å². The third-order valence-electron chi connectivity index (χ3n) is 0. The predicted molar refractivity (Wildman–Crippen MR) is 10.2 cm³/mol. The van der Waals surface area contributed by atoms with Crippen molar-refractivity contribution >= 4 is 23.1 Å². The summed E-state index contributed by atoms with van der Waals surface area (Å²) in [4.78, 5) is 0. The normalized spacial score (nSPS) is 10.0. The van der Waals surface area contributed by atoms with E-state index in [1.54, 1.807) is 0 Å². The summed E-state index contributed by atoms with van der Waals surface area (Å²) in [5.74, 6) is 0. The van der Waals surface area contributed by atoms with Gasteiger partial charge >= 0.3 is 85.6 Å². The Morgan fingerprint density at radius 3 is 0.667 bits per heavy atom. The molecule has 0 aromatic heterocycles. The second-order valence-electron chi connectivity index (χ2n) is 0.792. The van der Waals surface area contributed by atoms with Crippen molar-refractivity contribution in [1.82, 2.24) is 0 Å². The Morgan fingerprint density at radius 1 is 0.667 bits per heavy atom. The van der Waals surface area contributed by atoms with Gasteiger partial charge in [-0.1, -0.05) is 0 Å². The molecule has 0 unspecified atom stereocenters. The second kappa shape index (κ2) is 10.2. The predicted octanol–water partition coefficient (Wildman–Crippen LogP) is -14.6. The average Bonchev–Trinajstić information content (AvgIpc) is 1.12. The summed E-state index contributed by atoms with van der Waals surface area (Å²) in [6, 6.07) is 0. The fourth-order valence-corrected chi connectivity index (χ4v) is 0. The van der Waals surface area contributed by atoms with Crippen LogP contribution in [0.15, 0.2) is 0 Å². The summed E-state index contributed by atoms with van der Waals surface area (Å²) in [5.41, 5.74) is 0. The third-order valence-corrected chi connectivity index (χ3v) is 0. The summed E-state index contributed by atoms with van der Waals surface area (Å²) in [6.45, 7) is 0. The molecule has 0 aliphatic heterocycles. The summed E-state index contributed by atoms with van der Waals surface area (Å²) in [5, 5.41) is 0. The standard InChI is InChI=1S/Ag.2HIO4.Mg/c;2*2-1(3,4)5;/h;2*2H;/q+1;;;+2. The maximum atomic E-state index is 8.73. The SMILES string of the molecule is [Ag+].[Mg+2].[O-][I+3]([O-])([O-])O.[O-][I+3]([O-])([O-])O. The van der Waals surface area contributed by atoms with E-state index >= 15 is 0 Å². The number of halogens is 2. The van der Waals surface area contributed by atoms with Crippen LogP contribution in [0.25, 0.3) is 0 Å². The van der Waals surface area contributed by atoms with Gasteiger partial charge < -0.3 is 0 Å². The maximum Gasteiger partial charge on any atom is 2.00 e. The van der Waals surface area contributed by atoms with Crippen LogP contribution in [0.5, 0.6) is 0 Å². The van der Waals surface area contributed by atoms with Gasteiger partial charge in [0.05, 0.1) is 0 Å². The van der Waals surface area contributed by atoms with Gasteiger partial charge in [0.1, 0.15) is 0 Å². The van der Waals surface area contributed by atoms with Crippen LogP contribution in [0.4, 0.5) is 0 Å². The first-order valence-corrected chi connectivity index (χ1v) is 8.48. The van der Waals surface area contributed by atoms with Gasteiger partial charge in [-0.05, 0) is 0 Å². The molecule has 0 saturated heterocycles. The van der Waals surface area contributed by atoms with Crippen LogP contribution in [0.3, 0.4) is 0 Å². The minimum absolute atomic E-state index is 0. The molecule has 0 aromatic rings. The zero-order chi connectivity index (χ0) is 9.00. The van der Waals surface area contributed by atoms with Crippen LogP contribution in [-0.4, -0.2) is 29.9 Å². The number of hydrogen-bond acceptors (Lipinski definition) is 8. The number of hydrogen-bond donors (Lipinski definition) is 2. The molecule has 2 N–H and O–H groups in total. The van der Waals surface area contributed by atoms with Crippen molar-refractivity contribution < 1.29 is 90.1 Å². The molecule has 0 aromatic carbocycles. The molecule has 12 heavy (non-hydrogen) atoms. The second-order valence-corrected chi connectivity index (χ2v) is 5.31. The fourth-order valence-electron chi connectivity index (χ4n) is 0. The molecule has 0 aliphatic carbocycles. The average molecular weight is 516 g/mol. The first kappa shape index (κ1) is 24.1. The van der Waals surface area contributed by atoms with Crippen LogP contribution in [-0.2, 0) is 22.4 Å². The van der Waals surface area contributed by atoms with Gasteiger partial charge in [-0.2, -0.15) is 0 Å². The largest absolute Gasteiger partial charge is 2.00 e. The van der Waals surface area contributed by atoms with Crippen molar-refractivity contribution in [2.75, 3.05) is 0 Å². The van der Waals surface area contributed by atoms with E-state index in [0.29, 0.717) is 0 Å². The van der Waals surface area contributed by atoms with E-state index in [4.69, 9.17) is 27.5 Å². The van der Waals surface area contributed by atoms with Gasteiger partial charge in [-0.15, -0.1) is 0 Å². The summed E-state index contributed by atoms with van der Waals surface area (Å²) < 4.78 is 66.4. The topological polar surface area (TPSA) is 179 Å². The first-order chi connectivity index (χ1) is 4.00. The minimum Gasteiger partial charge on any atom is -0.256 e. The zero-order valence-electron chi connectivity index (χ0n) is 5.11. The molecule has 12 heteroatoms. The van der Waals surface area contributed by atoms with Crippen molar-refractivity contribution in [2.45, 2.75) is 0 Å². The molecule has 0 spiro atoms. The Bertz CT molecular complexity index is 60.0. The Kier molecular flexibility index (Phi) is 20.4. The molecule has 0 aliphatic rings. The Balaban J connectivity index is -0.0000000457. The summed E-state index contributed by atoms with van der Waals surface area (Å²) in [6.07, 6.45) is 0. The van der Waals surface area contributed by atoms with E-state index in [0.717, 1.165) is 0 Å². The maximum absolute atomic E-state index is 8.73. The van der Waals surface area contributed by atoms with Gasteiger partial charge in [-0.3, -0.25) is 20.6 Å². The molecule has 74 valence electrons. The van der Waals surface area contributed by atoms with E-state index in [9.17, 15) is 0 Å². The van der Waals surface area contributed by atoms with Crippen molar-refractivity contribution in [3.05, 3.63) is 0 Å². The Morgan fingerprint density at radius 2 is 0.667 bits per heavy atom. The molecule has 0 amide bonds. The zero-order valence-corrected chi connectivity index (χ0v) is 12.3. The van der Waals surface area contributed by atoms with E-state index in [1.807, 2.05) is 0 Å². The fraction of sp³-hybridized carbons (Fsp3) is 0. The van der Waals surface area contributed by atoms with Gasteiger partial charge in [-0.25, -0.2) is 0 Å². The van der Waals surface area contributed by atoms with Crippen molar-refractivity contribution in [3.8, 4) is 0 Å². The molecule has 0 heterocycles. The molecule has 0 bridgehead atoms. The van der Waals surface area contributed by atoms with Gasteiger partial charge in [0.2, 0.25) is 0 Å². The van der Waals surface area contributed by atoms with Crippen LogP contribution in [0.2, 0.25) is 0 Å². The number of rotatable bonds is 0. The smallest absolute Gasteiger partial charge is 0.256 e. The van der Waals surface area contributed by atoms with Gasteiger partial charge in [0.15, 0.2) is 0 Å². The Labute approximate surface area is 111 Å². The molecule has 0 atom stereocenters.